The minimum Gasteiger partial charge on any atom is -0.457 e. The second kappa shape index (κ2) is 5.84. The molecular weight excluding hydrogens is 323 g/mol. The van der Waals surface area contributed by atoms with Crippen molar-refractivity contribution in [2.45, 2.75) is 6.18 Å². The molecular formula is C17H9F3NO3. The normalized spacial score (nSPS) is 14.4. The fourth-order valence-electron chi connectivity index (χ4n) is 2.28. The van der Waals surface area contributed by atoms with Crippen LogP contribution in [-0.4, -0.2) is 11.8 Å². The van der Waals surface area contributed by atoms with Gasteiger partial charge in [0, 0.05) is 12.2 Å². The van der Waals surface area contributed by atoms with Crippen LogP contribution in [0.5, 0.6) is 11.5 Å². The zero-order valence-corrected chi connectivity index (χ0v) is 12.0. The van der Waals surface area contributed by atoms with Crippen LogP contribution >= 0.6 is 0 Å². The zero-order valence-electron chi connectivity index (χ0n) is 12.0. The summed E-state index contributed by atoms with van der Waals surface area (Å²) in [7, 11) is 0. The highest BCUT2D eigenvalue weighted by Crippen LogP contribution is 2.44. The van der Waals surface area contributed by atoms with Crippen LogP contribution < -0.4 is 9.64 Å². The Kier molecular flexibility index (Phi) is 3.84. The summed E-state index contributed by atoms with van der Waals surface area (Å²) in [6, 6.07) is 12.1. The Hall–Kier alpha value is -3.09. The summed E-state index contributed by atoms with van der Waals surface area (Å²) in [5.74, 6) is -2.00. The lowest BCUT2D eigenvalue weighted by molar-refractivity contribution is -0.138. The Morgan fingerprint density at radius 3 is 2.17 bits per heavy atom. The first kappa shape index (κ1) is 15.8. The molecule has 0 bridgehead atoms. The average molecular weight is 332 g/mol. The van der Waals surface area contributed by atoms with E-state index >= 15 is 0 Å². The van der Waals surface area contributed by atoms with E-state index in [1.807, 2.05) is 0 Å². The van der Waals surface area contributed by atoms with Crippen molar-refractivity contribution >= 4 is 17.5 Å². The van der Waals surface area contributed by atoms with Gasteiger partial charge in [0.2, 0.25) is 0 Å². The predicted octanol–water partition coefficient (Wildman–Crippen LogP) is 3.73. The molecule has 4 nitrogen and oxygen atoms in total. The van der Waals surface area contributed by atoms with E-state index in [0.717, 1.165) is 24.3 Å². The van der Waals surface area contributed by atoms with Crippen LogP contribution in [0.25, 0.3) is 0 Å². The number of carbonyl (C=O) groups excluding carboxylic acids is 2. The molecule has 0 saturated heterocycles. The average Bonchev–Trinajstić information content (AvgIpc) is 2.86. The fourth-order valence-corrected chi connectivity index (χ4v) is 2.28. The van der Waals surface area contributed by atoms with E-state index in [1.54, 1.807) is 0 Å². The number of halogens is 3. The molecule has 0 aromatic heterocycles. The number of rotatable bonds is 3. The van der Waals surface area contributed by atoms with Crippen LogP contribution in [-0.2, 0) is 15.8 Å². The largest absolute Gasteiger partial charge is 0.457 e. The molecule has 0 spiro atoms. The van der Waals surface area contributed by atoms with Gasteiger partial charge in [-0.2, -0.15) is 13.2 Å². The Bertz CT molecular complexity index is 811. The van der Waals surface area contributed by atoms with E-state index in [4.69, 9.17) is 4.74 Å². The highest BCUT2D eigenvalue weighted by atomic mass is 19.4. The third-order valence-corrected chi connectivity index (χ3v) is 3.25. The van der Waals surface area contributed by atoms with Gasteiger partial charge in [-0.05, 0) is 30.3 Å². The van der Waals surface area contributed by atoms with Gasteiger partial charge in [-0.15, -0.1) is 0 Å². The van der Waals surface area contributed by atoms with Crippen molar-refractivity contribution < 1.29 is 27.5 Å². The fraction of sp³-hybridized carbons (Fsp3) is 0.0588. The molecule has 121 valence electrons. The van der Waals surface area contributed by atoms with Gasteiger partial charge < -0.3 is 4.74 Å². The molecule has 0 atom stereocenters. The van der Waals surface area contributed by atoms with E-state index in [0.29, 0.717) is 4.90 Å². The predicted molar refractivity (Wildman–Crippen MR) is 78.4 cm³/mol. The van der Waals surface area contributed by atoms with Crippen molar-refractivity contribution in [2.24, 2.45) is 0 Å². The van der Waals surface area contributed by atoms with Crippen LogP contribution in [0.3, 0.4) is 0 Å². The molecule has 1 aliphatic heterocycles. The summed E-state index contributed by atoms with van der Waals surface area (Å²) in [5.41, 5.74) is -1.76. The zero-order chi connectivity index (χ0) is 17.3. The maximum Gasteiger partial charge on any atom is 0.422 e. The number of nitrogens with zero attached hydrogens (tertiary/aromatic N) is 1. The van der Waals surface area contributed by atoms with Gasteiger partial charge in [-0.3, -0.25) is 9.59 Å². The van der Waals surface area contributed by atoms with Gasteiger partial charge in [0.05, 0.1) is 5.69 Å². The minimum atomic E-state index is -4.82. The Labute approximate surface area is 134 Å². The van der Waals surface area contributed by atoms with Crippen LogP contribution in [0.4, 0.5) is 18.9 Å². The Morgan fingerprint density at radius 2 is 1.58 bits per heavy atom. The van der Waals surface area contributed by atoms with Crippen LogP contribution in [0.15, 0.2) is 54.6 Å². The van der Waals surface area contributed by atoms with Crippen molar-refractivity contribution in [3.63, 3.8) is 0 Å². The molecule has 1 radical (unpaired) electrons. The number of carbonyl (C=O) groups is 2. The maximum absolute atomic E-state index is 13.6. The van der Waals surface area contributed by atoms with E-state index in [9.17, 15) is 22.8 Å². The maximum atomic E-state index is 13.6. The van der Waals surface area contributed by atoms with Crippen molar-refractivity contribution in [1.29, 1.82) is 0 Å². The van der Waals surface area contributed by atoms with Gasteiger partial charge in [0.1, 0.15) is 17.1 Å². The number of ether oxygens (including phenoxy) is 1. The van der Waals surface area contributed by atoms with Gasteiger partial charge in [0.15, 0.2) is 0 Å². The van der Waals surface area contributed by atoms with Crippen molar-refractivity contribution in [3.05, 3.63) is 66.2 Å². The SMILES string of the molecule is O=C1C=CC(=O)N1c1cccc(Oc2cc[c]cc2)c1C(F)(F)F. The lowest BCUT2D eigenvalue weighted by Crippen LogP contribution is -2.31. The number of imide groups is 1. The highest BCUT2D eigenvalue weighted by molar-refractivity contribution is 6.28. The van der Waals surface area contributed by atoms with Crippen molar-refractivity contribution in [1.82, 2.24) is 0 Å². The van der Waals surface area contributed by atoms with Crippen LogP contribution in [0.1, 0.15) is 5.56 Å². The van der Waals surface area contributed by atoms with E-state index in [1.165, 1.54) is 30.3 Å². The first-order chi connectivity index (χ1) is 11.4. The lowest BCUT2D eigenvalue weighted by Gasteiger charge is -2.22. The smallest absolute Gasteiger partial charge is 0.422 e. The quantitative estimate of drug-likeness (QED) is 0.805. The first-order valence-corrected chi connectivity index (χ1v) is 6.78. The van der Waals surface area contributed by atoms with Gasteiger partial charge in [-0.1, -0.05) is 18.2 Å². The number of hydrogen-bond acceptors (Lipinski definition) is 3. The standard InChI is InChI=1S/C17H9F3NO3/c18-17(19,20)16-12(21-14(22)9-10-15(21)23)7-4-8-13(16)24-11-5-2-1-3-6-11/h2-10H. The molecule has 2 aromatic rings. The second-order valence-electron chi connectivity index (χ2n) is 4.83. The number of benzene rings is 2. The number of hydrogen-bond donors (Lipinski definition) is 0. The van der Waals surface area contributed by atoms with Crippen molar-refractivity contribution in [2.75, 3.05) is 4.90 Å². The van der Waals surface area contributed by atoms with Gasteiger partial charge >= 0.3 is 6.18 Å². The number of alkyl halides is 3. The monoisotopic (exact) mass is 332 g/mol. The van der Waals surface area contributed by atoms with Crippen molar-refractivity contribution in [3.8, 4) is 11.5 Å². The van der Waals surface area contributed by atoms with E-state index < -0.39 is 35.0 Å². The topological polar surface area (TPSA) is 46.6 Å². The summed E-state index contributed by atoms with van der Waals surface area (Å²) < 4.78 is 46.0. The van der Waals surface area contributed by atoms with E-state index in [2.05, 4.69) is 6.07 Å². The molecule has 1 aliphatic rings. The summed E-state index contributed by atoms with van der Waals surface area (Å²) in [4.78, 5) is 23.9. The minimum absolute atomic E-state index is 0.175. The molecule has 7 heteroatoms. The Morgan fingerprint density at radius 1 is 0.958 bits per heavy atom. The summed E-state index contributed by atoms with van der Waals surface area (Å²) in [5, 5.41) is 0. The lowest BCUT2D eigenvalue weighted by atomic mass is 10.1. The summed E-state index contributed by atoms with van der Waals surface area (Å²) in [6.45, 7) is 0. The third-order valence-electron chi connectivity index (χ3n) is 3.25. The Balaban J connectivity index is 2.12. The third kappa shape index (κ3) is 2.88. The molecule has 0 fully saturated rings. The molecule has 0 unspecified atom stereocenters. The summed E-state index contributed by atoms with van der Waals surface area (Å²) >= 11 is 0. The van der Waals surface area contributed by atoms with Crippen LogP contribution in [0.2, 0.25) is 0 Å². The molecule has 24 heavy (non-hydrogen) atoms. The number of amides is 2. The first-order valence-electron chi connectivity index (χ1n) is 6.78. The van der Waals surface area contributed by atoms with E-state index in [-0.39, 0.29) is 5.75 Å². The molecule has 1 heterocycles. The highest BCUT2D eigenvalue weighted by Gasteiger charge is 2.41. The molecule has 0 N–H and O–H groups in total. The number of anilines is 1. The molecule has 2 amide bonds. The summed E-state index contributed by atoms with van der Waals surface area (Å²) in [6.07, 6.45) is -2.98. The van der Waals surface area contributed by atoms with Gasteiger partial charge in [-0.25, -0.2) is 4.90 Å². The molecule has 2 aromatic carbocycles. The molecule has 0 aliphatic carbocycles. The molecule has 3 rings (SSSR count). The second-order valence-corrected chi connectivity index (χ2v) is 4.83. The molecule has 0 saturated carbocycles. The van der Waals surface area contributed by atoms with Gasteiger partial charge in [0.25, 0.3) is 11.8 Å². The van der Waals surface area contributed by atoms with Crippen LogP contribution in [0, 0.1) is 6.07 Å².